The first-order valence-electron chi connectivity index (χ1n) is 9.31. The van der Waals surface area contributed by atoms with Gasteiger partial charge in [0.2, 0.25) is 5.91 Å². The molecule has 3 saturated carbocycles. The Morgan fingerprint density at radius 3 is 2.55 bits per heavy atom. The van der Waals surface area contributed by atoms with Crippen LogP contribution in [-0.4, -0.2) is 25.2 Å². The van der Waals surface area contributed by atoms with E-state index in [2.05, 4.69) is 19.2 Å². The second-order valence-corrected chi connectivity index (χ2v) is 8.93. The zero-order chi connectivity index (χ0) is 15.5. The first kappa shape index (κ1) is 15.0. The van der Waals surface area contributed by atoms with E-state index in [1.54, 1.807) is 0 Å². The highest BCUT2D eigenvalue weighted by atomic mass is 16.5. The number of fused-ring (bicyclic) bond motifs is 5. The van der Waals surface area contributed by atoms with Crippen LogP contribution in [0.2, 0.25) is 0 Å². The molecule has 0 bridgehead atoms. The number of hydrogen-bond acceptors (Lipinski definition) is 2. The zero-order valence-electron chi connectivity index (χ0n) is 14.4. The first-order valence-corrected chi connectivity index (χ1v) is 9.31. The average molecular weight is 305 g/mol. The number of carbonyl (C=O) groups excluding carboxylic acids is 1. The number of hydrogen-bond donors (Lipinski definition) is 1. The molecule has 4 fully saturated rings. The fraction of sp³-hybridized carbons (Fsp3) is 0.947. The topological polar surface area (TPSA) is 38.3 Å². The molecular formula is C19H31NO2. The molecule has 0 aromatic rings. The molecule has 1 amide bonds. The van der Waals surface area contributed by atoms with Crippen LogP contribution in [0, 0.1) is 28.6 Å². The quantitative estimate of drug-likeness (QED) is 0.805. The molecule has 1 heterocycles. The fourth-order valence-corrected chi connectivity index (χ4v) is 7.04. The molecule has 0 radical (unpaired) electrons. The summed E-state index contributed by atoms with van der Waals surface area (Å²) >= 11 is 0. The van der Waals surface area contributed by atoms with Crippen LogP contribution in [0.25, 0.3) is 0 Å². The Morgan fingerprint density at radius 1 is 1.00 bits per heavy atom. The standard InChI is InChI=1S/C19H31NO2/c1-18-11-9-17(21)20-15(18)6-4-12-13-5-7-16(22-3)19(13,2)10-8-14(12)18/h12-16H,4-11H2,1-3H3,(H,20,21)/t12-,13-,14+,15?,16?,18+,19-/m0/s1. The smallest absolute Gasteiger partial charge is 0.220 e. The second-order valence-electron chi connectivity index (χ2n) is 8.93. The highest BCUT2D eigenvalue weighted by molar-refractivity contribution is 5.77. The Bertz CT molecular complexity index is 478. The molecule has 0 aromatic carbocycles. The Kier molecular flexibility index (Phi) is 3.38. The molecule has 3 aliphatic carbocycles. The number of rotatable bonds is 1. The molecular weight excluding hydrogens is 274 g/mol. The van der Waals surface area contributed by atoms with Crippen LogP contribution in [0.4, 0.5) is 0 Å². The van der Waals surface area contributed by atoms with Crippen molar-refractivity contribution >= 4 is 5.91 Å². The number of amides is 1. The van der Waals surface area contributed by atoms with E-state index in [-0.39, 0.29) is 5.91 Å². The Hall–Kier alpha value is -0.570. The molecule has 2 unspecified atom stereocenters. The number of carbonyl (C=O) groups is 1. The van der Waals surface area contributed by atoms with E-state index in [0.717, 1.165) is 30.6 Å². The molecule has 3 heteroatoms. The summed E-state index contributed by atoms with van der Waals surface area (Å²) in [4.78, 5) is 11.8. The summed E-state index contributed by atoms with van der Waals surface area (Å²) in [6, 6.07) is 0.430. The molecule has 3 nitrogen and oxygen atoms in total. The number of methoxy groups -OCH3 is 1. The van der Waals surface area contributed by atoms with Crippen LogP contribution in [0.3, 0.4) is 0 Å². The molecule has 0 spiro atoms. The molecule has 1 aliphatic heterocycles. The van der Waals surface area contributed by atoms with Crippen molar-refractivity contribution in [3.8, 4) is 0 Å². The lowest BCUT2D eigenvalue weighted by atomic mass is 9.47. The molecule has 1 N–H and O–H groups in total. The van der Waals surface area contributed by atoms with Crippen molar-refractivity contribution in [2.75, 3.05) is 7.11 Å². The van der Waals surface area contributed by atoms with Gasteiger partial charge < -0.3 is 10.1 Å². The van der Waals surface area contributed by atoms with Gasteiger partial charge in [0.25, 0.3) is 0 Å². The number of piperidine rings is 1. The molecule has 0 aromatic heterocycles. The summed E-state index contributed by atoms with van der Waals surface area (Å²) in [7, 11) is 1.90. The van der Waals surface area contributed by atoms with Gasteiger partial charge in [-0.05, 0) is 73.5 Å². The highest BCUT2D eigenvalue weighted by Gasteiger charge is 2.60. The van der Waals surface area contributed by atoms with Gasteiger partial charge in [0, 0.05) is 19.6 Å². The predicted molar refractivity (Wildman–Crippen MR) is 86.3 cm³/mol. The maximum atomic E-state index is 11.8. The van der Waals surface area contributed by atoms with Crippen LogP contribution >= 0.6 is 0 Å². The lowest BCUT2D eigenvalue weighted by molar-refractivity contribution is -0.139. The van der Waals surface area contributed by atoms with Crippen LogP contribution < -0.4 is 5.32 Å². The Balaban J connectivity index is 1.62. The molecule has 4 rings (SSSR count). The van der Waals surface area contributed by atoms with E-state index in [9.17, 15) is 4.79 Å². The van der Waals surface area contributed by atoms with Crippen LogP contribution in [0.15, 0.2) is 0 Å². The second kappa shape index (κ2) is 4.96. The van der Waals surface area contributed by atoms with E-state index >= 15 is 0 Å². The van der Waals surface area contributed by atoms with E-state index in [4.69, 9.17) is 4.74 Å². The van der Waals surface area contributed by atoms with Crippen LogP contribution in [0.5, 0.6) is 0 Å². The highest BCUT2D eigenvalue weighted by Crippen LogP contribution is 2.64. The lowest BCUT2D eigenvalue weighted by Crippen LogP contribution is -2.61. The van der Waals surface area contributed by atoms with Crippen molar-refractivity contribution in [2.45, 2.75) is 77.4 Å². The summed E-state index contributed by atoms with van der Waals surface area (Å²) in [6.45, 7) is 4.96. The average Bonchev–Trinajstić information content (AvgIpc) is 2.84. The Labute approximate surface area is 134 Å². The summed E-state index contributed by atoms with van der Waals surface area (Å²) in [5.41, 5.74) is 0.736. The predicted octanol–water partition coefficient (Wildman–Crippen LogP) is 3.52. The third kappa shape index (κ3) is 1.87. The van der Waals surface area contributed by atoms with Gasteiger partial charge in [0.1, 0.15) is 0 Å². The van der Waals surface area contributed by atoms with Gasteiger partial charge in [-0.15, -0.1) is 0 Å². The van der Waals surface area contributed by atoms with Gasteiger partial charge in [0.05, 0.1) is 6.10 Å². The molecule has 1 saturated heterocycles. The van der Waals surface area contributed by atoms with Gasteiger partial charge in [-0.25, -0.2) is 0 Å². The fourth-order valence-electron chi connectivity index (χ4n) is 7.04. The first-order chi connectivity index (χ1) is 10.5. The van der Waals surface area contributed by atoms with E-state index in [1.807, 2.05) is 7.11 Å². The third-order valence-electron chi connectivity index (χ3n) is 8.29. The van der Waals surface area contributed by atoms with Crippen molar-refractivity contribution in [1.82, 2.24) is 5.32 Å². The van der Waals surface area contributed by atoms with Crippen molar-refractivity contribution in [1.29, 1.82) is 0 Å². The largest absolute Gasteiger partial charge is 0.381 e. The minimum absolute atomic E-state index is 0.280. The van der Waals surface area contributed by atoms with E-state index in [0.29, 0.717) is 23.0 Å². The number of nitrogens with one attached hydrogen (secondary N) is 1. The summed E-state index contributed by atoms with van der Waals surface area (Å²) in [5.74, 6) is 2.78. The minimum atomic E-state index is 0.280. The van der Waals surface area contributed by atoms with E-state index < -0.39 is 0 Å². The molecule has 4 aliphatic rings. The van der Waals surface area contributed by atoms with Crippen molar-refractivity contribution < 1.29 is 9.53 Å². The maximum Gasteiger partial charge on any atom is 0.220 e. The van der Waals surface area contributed by atoms with Gasteiger partial charge in [-0.3, -0.25) is 4.79 Å². The summed E-state index contributed by atoms with van der Waals surface area (Å²) < 4.78 is 5.85. The summed E-state index contributed by atoms with van der Waals surface area (Å²) in [6.07, 6.45) is 10.0. The Morgan fingerprint density at radius 2 is 1.77 bits per heavy atom. The normalized spacial score (nSPS) is 54.1. The van der Waals surface area contributed by atoms with Gasteiger partial charge in [-0.2, -0.15) is 0 Å². The molecule has 124 valence electrons. The molecule has 22 heavy (non-hydrogen) atoms. The van der Waals surface area contributed by atoms with Crippen molar-refractivity contribution in [3.63, 3.8) is 0 Å². The third-order valence-corrected chi connectivity index (χ3v) is 8.29. The van der Waals surface area contributed by atoms with Gasteiger partial charge in [0.15, 0.2) is 0 Å². The maximum absolute atomic E-state index is 11.8. The SMILES string of the molecule is COC1CC[C@H]2[C@@H]3CCC4NC(=O)CC[C@]4(C)[C@@H]3CC[C@]12C. The molecule has 7 atom stereocenters. The van der Waals surface area contributed by atoms with Crippen molar-refractivity contribution in [3.05, 3.63) is 0 Å². The van der Waals surface area contributed by atoms with Gasteiger partial charge in [-0.1, -0.05) is 13.8 Å². The van der Waals surface area contributed by atoms with Gasteiger partial charge >= 0.3 is 0 Å². The monoisotopic (exact) mass is 305 g/mol. The number of ether oxygens (including phenoxy) is 1. The summed E-state index contributed by atoms with van der Waals surface area (Å²) in [5, 5.41) is 3.32. The lowest BCUT2D eigenvalue weighted by Gasteiger charge is -2.60. The minimum Gasteiger partial charge on any atom is -0.381 e. The van der Waals surface area contributed by atoms with Crippen molar-refractivity contribution in [2.24, 2.45) is 28.6 Å². The van der Waals surface area contributed by atoms with Crippen LogP contribution in [-0.2, 0) is 9.53 Å². The van der Waals surface area contributed by atoms with E-state index in [1.165, 1.54) is 38.5 Å². The zero-order valence-corrected chi connectivity index (χ0v) is 14.4. The van der Waals surface area contributed by atoms with Crippen LogP contribution in [0.1, 0.15) is 65.2 Å².